The van der Waals surface area contributed by atoms with Crippen LogP contribution in [0.15, 0.2) is 12.4 Å². The fraction of sp³-hybridized carbons (Fsp3) is 0.682. The molecule has 2 aromatic heterocycles. The van der Waals surface area contributed by atoms with Gasteiger partial charge in [0.05, 0.1) is 17.0 Å². The zero-order chi connectivity index (χ0) is 20.2. The Balaban J connectivity index is 1.67. The second-order valence-electron chi connectivity index (χ2n) is 8.82. The zero-order valence-corrected chi connectivity index (χ0v) is 17.5. The van der Waals surface area contributed by atoms with E-state index in [1.807, 2.05) is 12.4 Å². The minimum atomic E-state index is -0.175. The molecule has 0 amide bonds. The smallest absolute Gasteiger partial charge is 0.224 e. The van der Waals surface area contributed by atoms with Crippen molar-refractivity contribution in [2.24, 2.45) is 5.92 Å². The average Bonchev–Trinajstić information content (AvgIpc) is 2.74. The molecule has 1 saturated heterocycles. The molecule has 0 spiro atoms. The van der Waals surface area contributed by atoms with Crippen molar-refractivity contribution in [3.8, 4) is 5.88 Å². The number of hydrogen-bond acceptors (Lipinski definition) is 7. The minimum Gasteiger partial charge on any atom is -0.474 e. The summed E-state index contributed by atoms with van der Waals surface area (Å²) in [6, 6.07) is 0. The molecule has 2 aliphatic rings. The maximum Gasteiger partial charge on any atom is 0.224 e. The van der Waals surface area contributed by atoms with Gasteiger partial charge < -0.3 is 20.5 Å². The summed E-state index contributed by atoms with van der Waals surface area (Å²) in [5.41, 5.74) is 2.09. The largest absolute Gasteiger partial charge is 0.474 e. The van der Waals surface area contributed by atoms with Gasteiger partial charge in [0.15, 0.2) is 0 Å². The lowest BCUT2D eigenvalue weighted by atomic mass is 9.83. The summed E-state index contributed by atoms with van der Waals surface area (Å²) in [5.74, 6) is 2.18. The Morgan fingerprint density at radius 3 is 2.59 bits per heavy atom. The lowest BCUT2D eigenvalue weighted by Crippen LogP contribution is -2.34. The molecule has 7 heteroatoms. The van der Waals surface area contributed by atoms with Crippen LogP contribution in [-0.2, 0) is 0 Å². The van der Waals surface area contributed by atoms with Crippen molar-refractivity contribution < 1.29 is 9.84 Å². The number of hydrogen-bond donors (Lipinski definition) is 3. The minimum absolute atomic E-state index is 0.175. The molecule has 3 heterocycles. The summed E-state index contributed by atoms with van der Waals surface area (Å²) < 4.78 is 6.27. The molecule has 0 aromatic carbocycles. The fourth-order valence-corrected chi connectivity index (χ4v) is 4.25. The summed E-state index contributed by atoms with van der Waals surface area (Å²) in [5, 5.41) is 17.5. The molecule has 4 rings (SSSR count). The van der Waals surface area contributed by atoms with Crippen LogP contribution >= 0.6 is 0 Å². The van der Waals surface area contributed by atoms with Crippen LogP contribution in [-0.4, -0.2) is 51.9 Å². The van der Waals surface area contributed by atoms with Gasteiger partial charge in [-0.1, -0.05) is 13.8 Å². The number of nitrogens with zero attached hydrogens (tertiary/aromatic N) is 3. The third-order valence-corrected chi connectivity index (χ3v) is 5.98. The summed E-state index contributed by atoms with van der Waals surface area (Å²) in [4.78, 5) is 14.1. The molecule has 29 heavy (non-hydrogen) atoms. The quantitative estimate of drug-likeness (QED) is 0.687. The second kappa shape index (κ2) is 9.22. The van der Waals surface area contributed by atoms with Gasteiger partial charge in [-0.2, -0.15) is 0 Å². The number of nitrogens with one attached hydrogen (secondary N) is 2. The normalized spacial score (nSPS) is 23.4. The van der Waals surface area contributed by atoms with Crippen molar-refractivity contribution in [3.05, 3.63) is 18.0 Å². The van der Waals surface area contributed by atoms with Gasteiger partial charge in [0.25, 0.3) is 0 Å². The molecule has 7 nitrogen and oxygen atoms in total. The molecule has 2 aromatic rings. The molecule has 158 valence electrons. The van der Waals surface area contributed by atoms with Gasteiger partial charge in [0.2, 0.25) is 11.8 Å². The Kier molecular flexibility index (Phi) is 6.45. The molecular formula is C22H33N5O2. The monoisotopic (exact) mass is 399 g/mol. The fourth-order valence-electron chi connectivity index (χ4n) is 4.25. The number of rotatable bonds is 6. The molecule has 0 atom stereocenters. The number of aliphatic hydroxyl groups is 1. The van der Waals surface area contributed by atoms with Crippen LogP contribution in [0.5, 0.6) is 5.88 Å². The number of aromatic nitrogens is 3. The van der Waals surface area contributed by atoms with E-state index in [0.29, 0.717) is 23.7 Å². The highest BCUT2D eigenvalue weighted by Gasteiger charge is 2.25. The number of anilines is 1. The Labute approximate surface area is 172 Å². The SMILES string of the molecule is CC(C)CNc1ncc2c(OC3CCNCC3)ncc([C@H]3CC[C@H](O)CC3)c2n1. The van der Waals surface area contributed by atoms with Crippen LogP contribution in [0.4, 0.5) is 5.95 Å². The highest BCUT2D eigenvalue weighted by molar-refractivity contribution is 5.86. The Bertz CT molecular complexity index is 814. The van der Waals surface area contributed by atoms with Crippen molar-refractivity contribution in [2.45, 2.75) is 70.5 Å². The first-order valence-electron chi connectivity index (χ1n) is 11.0. The molecule has 2 fully saturated rings. The molecule has 0 bridgehead atoms. The topological polar surface area (TPSA) is 92.2 Å². The first kappa shape index (κ1) is 20.3. The lowest BCUT2D eigenvalue weighted by Gasteiger charge is -2.27. The van der Waals surface area contributed by atoms with Crippen molar-refractivity contribution in [1.82, 2.24) is 20.3 Å². The van der Waals surface area contributed by atoms with E-state index in [1.54, 1.807) is 0 Å². The number of ether oxygens (including phenoxy) is 1. The van der Waals surface area contributed by atoms with E-state index in [0.717, 1.165) is 74.6 Å². The molecular weight excluding hydrogens is 366 g/mol. The number of aliphatic hydroxyl groups excluding tert-OH is 1. The van der Waals surface area contributed by atoms with Crippen LogP contribution in [0.25, 0.3) is 10.9 Å². The number of pyridine rings is 1. The van der Waals surface area contributed by atoms with E-state index in [2.05, 4.69) is 29.5 Å². The maximum atomic E-state index is 9.90. The van der Waals surface area contributed by atoms with Crippen molar-refractivity contribution >= 4 is 16.9 Å². The number of piperidine rings is 1. The van der Waals surface area contributed by atoms with E-state index in [1.165, 1.54) is 0 Å². The van der Waals surface area contributed by atoms with Crippen LogP contribution in [0, 0.1) is 5.92 Å². The number of fused-ring (bicyclic) bond motifs is 1. The van der Waals surface area contributed by atoms with Crippen molar-refractivity contribution in [2.75, 3.05) is 25.0 Å². The Morgan fingerprint density at radius 2 is 1.86 bits per heavy atom. The van der Waals surface area contributed by atoms with Gasteiger partial charge >= 0.3 is 0 Å². The zero-order valence-electron chi connectivity index (χ0n) is 17.5. The molecule has 3 N–H and O–H groups in total. The summed E-state index contributed by atoms with van der Waals surface area (Å²) in [6.45, 7) is 7.12. The molecule has 1 aliphatic carbocycles. The van der Waals surface area contributed by atoms with Crippen molar-refractivity contribution in [1.29, 1.82) is 0 Å². The van der Waals surface area contributed by atoms with Gasteiger partial charge in [-0.3, -0.25) is 0 Å². The molecule has 0 unspecified atom stereocenters. The van der Waals surface area contributed by atoms with E-state index in [-0.39, 0.29) is 12.2 Å². The van der Waals surface area contributed by atoms with Gasteiger partial charge in [0.1, 0.15) is 6.10 Å². The van der Waals surface area contributed by atoms with Crippen LogP contribution in [0.2, 0.25) is 0 Å². The van der Waals surface area contributed by atoms with Crippen LogP contribution in [0.3, 0.4) is 0 Å². The Morgan fingerprint density at radius 1 is 1.10 bits per heavy atom. The lowest BCUT2D eigenvalue weighted by molar-refractivity contribution is 0.122. The second-order valence-corrected chi connectivity index (χ2v) is 8.82. The van der Waals surface area contributed by atoms with Crippen molar-refractivity contribution in [3.63, 3.8) is 0 Å². The average molecular weight is 400 g/mol. The standard InChI is InChI=1S/C22H33N5O2/c1-14(2)11-25-22-26-13-19-20(27-22)18(15-3-5-16(28)6-4-15)12-24-21(19)29-17-7-9-23-10-8-17/h12-17,23,28H,3-11H2,1-2H3,(H,25,26,27)/t15-,16-. The predicted octanol–water partition coefficient (Wildman–Crippen LogP) is 3.24. The van der Waals surface area contributed by atoms with E-state index < -0.39 is 0 Å². The van der Waals surface area contributed by atoms with Gasteiger partial charge in [0, 0.05) is 24.5 Å². The first-order chi connectivity index (χ1) is 14.1. The maximum absolute atomic E-state index is 9.90. The molecule has 1 aliphatic heterocycles. The Hall–Kier alpha value is -1.99. The molecule has 1 saturated carbocycles. The summed E-state index contributed by atoms with van der Waals surface area (Å²) in [6.07, 6.45) is 9.38. The van der Waals surface area contributed by atoms with E-state index in [4.69, 9.17) is 14.7 Å². The van der Waals surface area contributed by atoms with Gasteiger partial charge in [-0.25, -0.2) is 15.0 Å². The summed E-state index contributed by atoms with van der Waals surface area (Å²) >= 11 is 0. The summed E-state index contributed by atoms with van der Waals surface area (Å²) in [7, 11) is 0. The van der Waals surface area contributed by atoms with Crippen LogP contribution in [0.1, 0.15) is 63.9 Å². The third kappa shape index (κ3) is 4.95. The third-order valence-electron chi connectivity index (χ3n) is 5.98. The molecule has 0 radical (unpaired) electrons. The van der Waals surface area contributed by atoms with E-state index in [9.17, 15) is 5.11 Å². The first-order valence-corrected chi connectivity index (χ1v) is 11.0. The van der Waals surface area contributed by atoms with Gasteiger partial charge in [-0.05, 0) is 63.5 Å². The predicted molar refractivity (Wildman–Crippen MR) is 114 cm³/mol. The van der Waals surface area contributed by atoms with Gasteiger partial charge in [-0.15, -0.1) is 0 Å². The highest BCUT2D eigenvalue weighted by atomic mass is 16.5. The highest BCUT2D eigenvalue weighted by Crippen LogP contribution is 2.38. The van der Waals surface area contributed by atoms with Crippen LogP contribution < -0.4 is 15.4 Å². The van der Waals surface area contributed by atoms with E-state index >= 15 is 0 Å².